The van der Waals surface area contributed by atoms with Crippen LogP contribution < -0.4 is 18.4 Å². The molecule has 1 heterocycles. The Morgan fingerprint density at radius 2 is 1.76 bits per heavy atom. The van der Waals surface area contributed by atoms with Gasteiger partial charge in [-0.05, 0) is 36.1 Å². The number of halogens is 2. The minimum absolute atomic E-state index is 0. The lowest BCUT2D eigenvalue weighted by atomic mass is 9.84. The first-order valence-corrected chi connectivity index (χ1v) is 13.0. The molecule has 37 heavy (non-hydrogen) atoms. The smallest absolute Gasteiger partial charge is 0.306 e. The van der Waals surface area contributed by atoms with Gasteiger partial charge >= 0.3 is 10.1 Å². The van der Waals surface area contributed by atoms with Gasteiger partial charge in [0.05, 0.1) is 39.2 Å². The van der Waals surface area contributed by atoms with Gasteiger partial charge in [0.1, 0.15) is 5.84 Å². The van der Waals surface area contributed by atoms with Gasteiger partial charge in [0.2, 0.25) is 0 Å². The highest BCUT2D eigenvalue weighted by atomic mass is 79.9. The third-order valence-corrected chi connectivity index (χ3v) is 6.13. The van der Waals surface area contributed by atoms with Gasteiger partial charge in [0.15, 0.2) is 34.6 Å². The molecule has 0 bridgehead atoms. The zero-order valence-electron chi connectivity index (χ0n) is 21.9. The quantitative estimate of drug-likeness (QED) is 0.330. The highest BCUT2D eigenvalue weighted by Gasteiger charge is 2.34. The lowest BCUT2D eigenvalue weighted by molar-refractivity contribution is 0.0962. The number of nitrogens with one attached hydrogen (secondary N) is 1. The fourth-order valence-corrected chi connectivity index (χ4v) is 4.52. The number of methoxy groups -OCH3 is 2. The number of fused-ring (bicyclic) bond motifs is 1. The van der Waals surface area contributed by atoms with Crippen LogP contribution in [0.1, 0.15) is 54.7 Å². The molecule has 1 aliphatic rings. The Morgan fingerprint density at radius 1 is 1.11 bits per heavy atom. The summed E-state index contributed by atoms with van der Waals surface area (Å²) < 4.78 is 60.1. The maximum Gasteiger partial charge on any atom is 0.306 e. The zero-order chi connectivity index (χ0) is 27.0. The van der Waals surface area contributed by atoms with Crippen LogP contribution >= 0.6 is 17.0 Å². The second-order valence-electron chi connectivity index (χ2n) is 9.41. The van der Waals surface area contributed by atoms with E-state index in [1.165, 1.54) is 25.2 Å². The summed E-state index contributed by atoms with van der Waals surface area (Å²) in [4.78, 5) is 14.8. The maximum absolute atomic E-state index is 15.1. The number of Topliss-reactive ketones (excluding diaryl/α,β-unsaturated/α-hetero) is 1. The fraction of sp³-hybridized carbons (Fsp3) is 0.440. The molecule has 0 fully saturated rings. The molecular weight excluding hydrogens is 571 g/mol. The summed E-state index contributed by atoms with van der Waals surface area (Å²) in [7, 11) is -1.16. The molecule has 0 aliphatic carbocycles. The lowest BCUT2D eigenvalue weighted by Gasteiger charge is -2.25. The van der Waals surface area contributed by atoms with Gasteiger partial charge in [0.25, 0.3) is 0 Å². The topological polar surface area (TPSA) is 115 Å². The zero-order valence-corrected chi connectivity index (χ0v) is 24.4. The summed E-state index contributed by atoms with van der Waals surface area (Å²) in [5, 5.41) is 8.49. The van der Waals surface area contributed by atoms with Crippen molar-refractivity contribution < 1.29 is 36.0 Å². The first-order chi connectivity index (χ1) is 16.7. The van der Waals surface area contributed by atoms with Gasteiger partial charge in [-0.2, -0.15) is 8.42 Å². The lowest BCUT2D eigenvalue weighted by Crippen LogP contribution is -2.30. The van der Waals surface area contributed by atoms with Crippen molar-refractivity contribution in [1.82, 2.24) is 4.90 Å². The Balaban J connectivity index is 0.00000481. The van der Waals surface area contributed by atoms with Crippen molar-refractivity contribution in [2.24, 2.45) is 0 Å². The number of ketones is 1. The third-order valence-electron chi connectivity index (χ3n) is 5.66. The number of rotatable bonds is 9. The van der Waals surface area contributed by atoms with Gasteiger partial charge in [0, 0.05) is 17.7 Å². The SMILES string of the molecule is Br.CCOc1cc(C(=O)CN2Cc3cc(OC)c(OC)c(F)c3C2=N)cc(C(C)(C)C)c1OS(C)(=O)=O. The van der Waals surface area contributed by atoms with Gasteiger partial charge < -0.3 is 23.3 Å². The average molecular weight is 604 g/mol. The van der Waals surface area contributed by atoms with Crippen molar-refractivity contribution in [2.75, 3.05) is 33.6 Å². The van der Waals surface area contributed by atoms with Gasteiger partial charge in [-0.15, -0.1) is 17.0 Å². The molecule has 9 nitrogen and oxygen atoms in total. The van der Waals surface area contributed by atoms with E-state index in [1.54, 1.807) is 19.1 Å². The third kappa shape index (κ3) is 6.35. The molecular formula is C25H32BrFN2O7S. The molecule has 0 saturated carbocycles. The first-order valence-electron chi connectivity index (χ1n) is 11.2. The van der Waals surface area contributed by atoms with Crippen LogP contribution in [0.2, 0.25) is 0 Å². The Labute approximate surface area is 227 Å². The monoisotopic (exact) mass is 602 g/mol. The number of nitrogens with zero attached hydrogens (tertiary/aromatic N) is 1. The molecule has 0 amide bonds. The summed E-state index contributed by atoms with van der Waals surface area (Å²) in [6.07, 6.45) is 0.938. The number of amidine groups is 1. The fourth-order valence-electron chi connectivity index (χ4n) is 4.04. The van der Waals surface area contributed by atoms with E-state index in [0.717, 1.165) is 6.26 Å². The summed E-state index contributed by atoms with van der Waals surface area (Å²) in [6.45, 7) is 7.45. The van der Waals surface area contributed by atoms with Crippen LogP contribution in [0, 0.1) is 11.2 Å². The van der Waals surface area contributed by atoms with E-state index in [9.17, 15) is 13.2 Å². The Morgan fingerprint density at radius 3 is 2.27 bits per heavy atom. The van der Waals surface area contributed by atoms with E-state index >= 15 is 4.39 Å². The van der Waals surface area contributed by atoms with E-state index in [4.69, 9.17) is 23.8 Å². The van der Waals surface area contributed by atoms with Crippen molar-refractivity contribution in [1.29, 1.82) is 5.41 Å². The average Bonchev–Trinajstić information content (AvgIpc) is 3.08. The van der Waals surface area contributed by atoms with Crippen LogP contribution in [0.3, 0.4) is 0 Å². The number of hydrogen-bond donors (Lipinski definition) is 1. The van der Waals surface area contributed by atoms with Gasteiger partial charge in [-0.3, -0.25) is 10.2 Å². The van der Waals surface area contributed by atoms with Crippen LogP contribution in [0.15, 0.2) is 18.2 Å². The van der Waals surface area contributed by atoms with Crippen molar-refractivity contribution in [3.63, 3.8) is 0 Å². The molecule has 2 aromatic rings. The van der Waals surface area contributed by atoms with Crippen LogP contribution in [0.25, 0.3) is 0 Å². The largest absolute Gasteiger partial charge is 0.493 e. The molecule has 204 valence electrons. The van der Waals surface area contributed by atoms with E-state index in [-0.39, 0.29) is 82.4 Å². The van der Waals surface area contributed by atoms with Crippen molar-refractivity contribution in [3.8, 4) is 23.0 Å². The van der Waals surface area contributed by atoms with Crippen LogP contribution in [0.4, 0.5) is 4.39 Å². The molecule has 12 heteroatoms. The number of carbonyl (C=O) groups is 1. The normalized spacial score (nSPS) is 13.1. The minimum atomic E-state index is -3.86. The maximum atomic E-state index is 15.1. The highest BCUT2D eigenvalue weighted by molar-refractivity contribution is 8.93. The van der Waals surface area contributed by atoms with Crippen LogP contribution in [-0.4, -0.2) is 58.6 Å². The molecule has 0 radical (unpaired) electrons. The Hall–Kier alpha value is -2.86. The number of carbonyl (C=O) groups excluding carboxylic acids is 1. The second-order valence-corrected chi connectivity index (χ2v) is 11.0. The minimum Gasteiger partial charge on any atom is -0.493 e. The van der Waals surface area contributed by atoms with Crippen molar-refractivity contribution >= 4 is 38.7 Å². The first kappa shape index (κ1) is 30.4. The molecule has 0 saturated heterocycles. The van der Waals surface area contributed by atoms with E-state index in [1.807, 2.05) is 20.8 Å². The van der Waals surface area contributed by atoms with Gasteiger partial charge in [-0.1, -0.05) is 20.8 Å². The van der Waals surface area contributed by atoms with Crippen LogP contribution in [0.5, 0.6) is 23.0 Å². The van der Waals surface area contributed by atoms with E-state index in [2.05, 4.69) is 0 Å². The summed E-state index contributed by atoms with van der Waals surface area (Å²) in [5.74, 6) is -0.967. The Kier molecular flexibility index (Phi) is 9.24. The summed E-state index contributed by atoms with van der Waals surface area (Å²) in [5.41, 5.74) is 0.703. The van der Waals surface area contributed by atoms with E-state index in [0.29, 0.717) is 11.1 Å². The van der Waals surface area contributed by atoms with Crippen molar-refractivity contribution in [3.05, 3.63) is 46.3 Å². The van der Waals surface area contributed by atoms with Gasteiger partial charge in [-0.25, -0.2) is 4.39 Å². The molecule has 0 spiro atoms. The molecule has 0 atom stereocenters. The number of benzene rings is 2. The standard InChI is InChI=1S/C25H31FN2O7S.BrH/c1-8-34-19-10-14(9-16(25(2,3)4)22(19)35-36(7,30)31)17(29)13-28-12-15-11-18(32-5)23(33-6)21(26)20(15)24(28)27;/h9-11,27H,8,12-13H2,1-7H3;1H. The molecule has 1 aliphatic heterocycles. The summed E-state index contributed by atoms with van der Waals surface area (Å²) >= 11 is 0. The molecule has 1 N–H and O–H groups in total. The van der Waals surface area contributed by atoms with Crippen molar-refractivity contribution in [2.45, 2.75) is 39.7 Å². The number of ether oxygens (including phenoxy) is 3. The Bertz CT molecular complexity index is 1320. The number of hydrogen-bond acceptors (Lipinski definition) is 8. The molecule has 0 aromatic heterocycles. The predicted molar refractivity (Wildman–Crippen MR) is 143 cm³/mol. The van der Waals surface area contributed by atoms with E-state index < -0.39 is 21.4 Å². The molecule has 3 rings (SSSR count). The molecule has 0 unspecified atom stereocenters. The highest BCUT2D eigenvalue weighted by Crippen LogP contribution is 2.42. The molecule has 2 aromatic carbocycles. The van der Waals surface area contributed by atoms with Crippen LogP contribution in [-0.2, 0) is 22.1 Å². The predicted octanol–water partition coefficient (Wildman–Crippen LogP) is 4.48. The second kappa shape index (κ2) is 11.3. The summed E-state index contributed by atoms with van der Waals surface area (Å²) in [6, 6.07) is 4.60.